The van der Waals surface area contributed by atoms with Crippen molar-refractivity contribution in [1.82, 2.24) is 9.88 Å². The second kappa shape index (κ2) is 9.41. The lowest BCUT2D eigenvalue weighted by atomic mass is 9.95. The number of nitrogens with zero attached hydrogens (tertiary/aromatic N) is 2. The predicted molar refractivity (Wildman–Crippen MR) is 129 cm³/mol. The molecule has 1 fully saturated rings. The van der Waals surface area contributed by atoms with E-state index in [0.717, 1.165) is 34.3 Å². The topological polar surface area (TPSA) is 62.3 Å². The van der Waals surface area contributed by atoms with Gasteiger partial charge in [0.2, 0.25) is 5.91 Å². The molecule has 2 aromatic carbocycles. The van der Waals surface area contributed by atoms with Crippen LogP contribution in [0, 0.1) is 5.92 Å². The Kier molecular flexibility index (Phi) is 6.21. The Bertz CT molecular complexity index is 1100. The van der Waals surface area contributed by atoms with Crippen molar-refractivity contribution in [1.29, 1.82) is 0 Å². The molecule has 2 aliphatic rings. The lowest BCUT2D eigenvalue weighted by Crippen LogP contribution is -2.41. The number of likely N-dealkylation sites (tertiary alicyclic amines) is 1. The Morgan fingerprint density at radius 1 is 0.938 bits per heavy atom. The standard InChI is InChI=1S/C26H29N3O2S/c30-24(28-26-27-22-12-3-1-2-4-13-23(22)32-26)19-14-16-29(17-15-19)25(31)21-11-7-9-18-8-5-6-10-20(18)21/h5-11,19H,1-4,12-17H2,(H,27,28,30). The summed E-state index contributed by atoms with van der Waals surface area (Å²) < 4.78 is 0. The Labute approximate surface area is 192 Å². The SMILES string of the molecule is O=C(Nc1nc2c(s1)CCCCCC2)C1CCN(C(=O)c2cccc3ccccc23)CC1. The quantitative estimate of drug-likeness (QED) is 0.581. The highest BCUT2D eigenvalue weighted by Gasteiger charge is 2.29. The minimum absolute atomic E-state index is 0.0454. The molecular weight excluding hydrogens is 418 g/mol. The smallest absolute Gasteiger partial charge is 0.254 e. The summed E-state index contributed by atoms with van der Waals surface area (Å²) in [6, 6.07) is 13.9. The molecule has 0 unspecified atom stereocenters. The highest BCUT2D eigenvalue weighted by atomic mass is 32.1. The molecule has 0 bridgehead atoms. The number of thiazole rings is 1. The van der Waals surface area contributed by atoms with E-state index in [-0.39, 0.29) is 17.7 Å². The molecule has 5 nitrogen and oxygen atoms in total. The highest BCUT2D eigenvalue weighted by molar-refractivity contribution is 7.15. The van der Waals surface area contributed by atoms with Gasteiger partial charge in [0, 0.05) is 29.4 Å². The monoisotopic (exact) mass is 447 g/mol. The molecule has 6 heteroatoms. The third-order valence-corrected chi connectivity index (χ3v) is 7.82. The first kappa shape index (κ1) is 21.1. The fourth-order valence-electron chi connectivity index (χ4n) is 4.89. The van der Waals surface area contributed by atoms with Crippen molar-refractivity contribution < 1.29 is 9.59 Å². The van der Waals surface area contributed by atoms with Gasteiger partial charge in [-0.25, -0.2) is 4.98 Å². The van der Waals surface area contributed by atoms with Crippen LogP contribution in [0.15, 0.2) is 42.5 Å². The number of hydrogen-bond donors (Lipinski definition) is 1. The second-order valence-electron chi connectivity index (χ2n) is 8.89. The number of piperidine rings is 1. The number of fused-ring (bicyclic) bond motifs is 2. The molecule has 0 atom stereocenters. The zero-order chi connectivity index (χ0) is 21.9. The Morgan fingerprint density at radius 2 is 1.69 bits per heavy atom. The summed E-state index contributed by atoms with van der Waals surface area (Å²) in [4.78, 5) is 34.0. The van der Waals surface area contributed by atoms with Gasteiger partial charge in [-0.1, -0.05) is 49.2 Å². The minimum atomic E-state index is -0.0712. The minimum Gasteiger partial charge on any atom is -0.339 e. The third kappa shape index (κ3) is 4.42. The molecule has 1 aliphatic heterocycles. The van der Waals surface area contributed by atoms with Crippen LogP contribution in [-0.4, -0.2) is 34.8 Å². The number of hydrogen-bond acceptors (Lipinski definition) is 4. The number of rotatable bonds is 3. The Hall–Kier alpha value is -2.73. The molecule has 166 valence electrons. The van der Waals surface area contributed by atoms with E-state index < -0.39 is 0 Å². The second-order valence-corrected chi connectivity index (χ2v) is 9.97. The van der Waals surface area contributed by atoms with Gasteiger partial charge in [-0.05, 0) is 55.4 Å². The van der Waals surface area contributed by atoms with Crippen LogP contribution in [0.2, 0.25) is 0 Å². The summed E-state index contributed by atoms with van der Waals surface area (Å²) in [5, 5.41) is 5.88. The maximum Gasteiger partial charge on any atom is 0.254 e. The number of amides is 2. The first-order chi connectivity index (χ1) is 15.7. The molecule has 32 heavy (non-hydrogen) atoms. The first-order valence-electron chi connectivity index (χ1n) is 11.8. The van der Waals surface area contributed by atoms with Gasteiger partial charge in [0.1, 0.15) is 0 Å². The van der Waals surface area contributed by atoms with Crippen molar-refractivity contribution in [3.05, 3.63) is 58.6 Å². The van der Waals surface area contributed by atoms with E-state index in [9.17, 15) is 9.59 Å². The average Bonchev–Trinajstić information content (AvgIpc) is 3.18. The van der Waals surface area contributed by atoms with E-state index in [0.29, 0.717) is 25.9 Å². The zero-order valence-electron chi connectivity index (χ0n) is 18.3. The lowest BCUT2D eigenvalue weighted by Gasteiger charge is -2.31. The summed E-state index contributed by atoms with van der Waals surface area (Å²) in [6.45, 7) is 1.21. The maximum absolute atomic E-state index is 13.2. The number of aryl methyl sites for hydroxylation is 2. The van der Waals surface area contributed by atoms with Crippen molar-refractivity contribution in [2.45, 2.75) is 51.4 Å². The van der Waals surface area contributed by atoms with Crippen molar-refractivity contribution in [2.24, 2.45) is 5.92 Å². The fraction of sp³-hybridized carbons (Fsp3) is 0.423. The summed E-state index contributed by atoms with van der Waals surface area (Å²) in [7, 11) is 0. The summed E-state index contributed by atoms with van der Waals surface area (Å²) in [6.07, 6.45) is 8.44. The van der Waals surface area contributed by atoms with Gasteiger partial charge in [0.15, 0.2) is 5.13 Å². The first-order valence-corrected chi connectivity index (χ1v) is 12.6. The summed E-state index contributed by atoms with van der Waals surface area (Å²) in [5.41, 5.74) is 1.92. The van der Waals surface area contributed by atoms with Gasteiger partial charge in [0.05, 0.1) is 5.69 Å². The van der Waals surface area contributed by atoms with Crippen molar-refractivity contribution in [2.75, 3.05) is 18.4 Å². The summed E-state index contributed by atoms with van der Waals surface area (Å²) in [5.74, 6) is 0.0300. The van der Waals surface area contributed by atoms with Crippen molar-refractivity contribution in [3.63, 3.8) is 0 Å². The van der Waals surface area contributed by atoms with Crippen LogP contribution in [-0.2, 0) is 17.6 Å². The van der Waals surface area contributed by atoms with Crippen LogP contribution in [0.1, 0.15) is 59.5 Å². The van der Waals surface area contributed by atoms with E-state index >= 15 is 0 Å². The number of anilines is 1. The maximum atomic E-state index is 13.2. The molecule has 1 N–H and O–H groups in total. The Morgan fingerprint density at radius 3 is 2.53 bits per heavy atom. The fourth-order valence-corrected chi connectivity index (χ4v) is 5.95. The highest BCUT2D eigenvalue weighted by Crippen LogP contribution is 2.30. The summed E-state index contributed by atoms with van der Waals surface area (Å²) >= 11 is 1.65. The molecule has 3 aromatic rings. The largest absolute Gasteiger partial charge is 0.339 e. The van der Waals surface area contributed by atoms with Crippen molar-refractivity contribution >= 4 is 39.1 Å². The number of benzene rings is 2. The van der Waals surface area contributed by atoms with E-state index in [1.54, 1.807) is 11.3 Å². The molecule has 0 saturated carbocycles. The van der Waals surface area contributed by atoms with Gasteiger partial charge in [-0.15, -0.1) is 11.3 Å². The van der Waals surface area contributed by atoms with Gasteiger partial charge in [0.25, 0.3) is 5.91 Å². The van der Waals surface area contributed by atoms with Crippen LogP contribution in [0.5, 0.6) is 0 Å². The number of carbonyl (C=O) groups is 2. The van der Waals surface area contributed by atoms with E-state index in [1.807, 2.05) is 47.4 Å². The molecule has 0 radical (unpaired) electrons. The Balaban J connectivity index is 1.20. The van der Waals surface area contributed by atoms with Gasteiger partial charge in [-0.2, -0.15) is 0 Å². The van der Waals surface area contributed by atoms with E-state index in [1.165, 1.54) is 36.3 Å². The zero-order valence-corrected chi connectivity index (χ0v) is 19.1. The number of nitrogens with one attached hydrogen (secondary N) is 1. The van der Waals surface area contributed by atoms with Gasteiger partial charge >= 0.3 is 0 Å². The van der Waals surface area contributed by atoms with Crippen molar-refractivity contribution in [3.8, 4) is 0 Å². The number of carbonyl (C=O) groups excluding carboxylic acids is 2. The molecule has 1 aromatic heterocycles. The molecule has 1 saturated heterocycles. The predicted octanol–water partition coefficient (Wildman–Crippen LogP) is 5.45. The van der Waals surface area contributed by atoms with Crippen LogP contribution in [0.25, 0.3) is 10.8 Å². The molecule has 1 aliphatic carbocycles. The van der Waals surface area contributed by atoms with E-state index in [2.05, 4.69) is 5.32 Å². The molecule has 5 rings (SSSR count). The third-order valence-electron chi connectivity index (χ3n) is 6.75. The molecule has 2 heterocycles. The van der Waals surface area contributed by atoms with Crippen LogP contribution in [0.4, 0.5) is 5.13 Å². The van der Waals surface area contributed by atoms with E-state index in [4.69, 9.17) is 4.98 Å². The van der Waals surface area contributed by atoms with Crippen LogP contribution >= 0.6 is 11.3 Å². The van der Waals surface area contributed by atoms with Gasteiger partial charge in [-0.3, -0.25) is 9.59 Å². The average molecular weight is 448 g/mol. The molecular formula is C26H29N3O2S. The normalized spacial score (nSPS) is 17.4. The lowest BCUT2D eigenvalue weighted by molar-refractivity contribution is -0.121. The van der Waals surface area contributed by atoms with Crippen LogP contribution in [0.3, 0.4) is 0 Å². The molecule has 0 spiro atoms. The van der Waals surface area contributed by atoms with Gasteiger partial charge < -0.3 is 10.2 Å². The van der Waals surface area contributed by atoms with Crippen LogP contribution < -0.4 is 5.32 Å². The number of aromatic nitrogens is 1. The molecule has 2 amide bonds.